The van der Waals surface area contributed by atoms with Crippen LogP contribution >= 0.6 is 11.3 Å². The van der Waals surface area contributed by atoms with Crippen molar-refractivity contribution in [2.75, 3.05) is 4.90 Å². The van der Waals surface area contributed by atoms with Crippen LogP contribution in [0.3, 0.4) is 0 Å². The number of allylic oxidation sites excluding steroid dienone is 7. The third-order valence-electron chi connectivity index (χ3n) is 11.0. The largest absolute Gasteiger partial charge is 0.343 e. The number of fused-ring (bicyclic) bond motifs is 2. The van der Waals surface area contributed by atoms with Gasteiger partial charge >= 0.3 is 0 Å². The van der Waals surface area contributed by atoms with E-state index in [9.17, 15) is 0 Å². The van der Waals surface area contributed by atoms with Gasteiger partial charge in [0.15, 0.2) is 0 Å². The number of thiophene rings is 1. The Hall–Kier alpha value is -6.16. The van der Waals surface area contributed by atoms with Gasteiger partial charge in [-0.05, 0) is 89.2 Å². The average Bonchev–Trinajstić information content (AvgIpc) is 3.77. The van der Waals surface area contributed by atoms with Crippen molar-refractivity contribution in [1.29, 1.82) is 0 Å². The summed E-state index contributed by atoms with van der Waals surface area (Å²) < 4.78 is 3.64. The third-order valence-corrected chi connectivity index (χ3v) is 12.1. The maximum absolute atomic E-state index is 2.51. The van der Waals surface area contributed by atoms with Gasteiger partial charge in [0.25, 0.3) is 0 Å². The Morgan fingerprint density at radius 2 is 1.40 bits per heavy atom. The van der Waals surface area contributed by atoms with Crippen LogP contribution in [0.15, 0.2) is 181 Å². The molecule has 0 amide bonds. The van der Waals surface area contributed by atoms with E-state index < -0.39 is 0 Å². The molecule has 0 spiro atoms. The molecule has 3 heteroatoms. The fourth-order valence-corrected chi connectivity index (χ4v) is 9.37. The van der Waals surface area contributed by atoms with E-state index in [4.69, 9.17) is 0 Å². The monoisotopic (exact) mass is 728 g/mol. The Labute approximate surface area is 329 Å². The molecule has 1 atom stereocenters. The summed E-state index contributed by atoms with van der Waals surface area (Å²) in [7, 11) is 2.17. The number of rotatable bonds is 8. The number of anilines is 2. The lowest BCUT2D eigenvalue weighted by atomic mass is 9.81. The molecule has 55 heavy (non-hydrogen) atoms. The van der Waals surface area contributed by atoms with Gasteiger partial charge < -0.3 is 9.47 Å². The molecule has 268 valence electrons. The van der Waals surface area contributed by atoms with Crippen LogP contribution in [0, 0.1) is 5.92 Å². The van der Waals surface area contributed by atoms with E-state index in [2.05, 4.69) is 218 Å². The smallest absolute Gasteiger partial charge is 0.0598 e. The van der Waals surface area contributed by atoms with Crippen molar-refractivity contribution in [2.45, 2.75) is 26.2 Å². The summed E-state index contributed by atoms with van der Waals surface area (Å²) in [6.07, 6.45) is 17.0. The second-order valence-electron chi connectivity index (χ2n) is 14.6. The molecule has 2 aromatic heterocycles. The zero-order chi connectivity index (χ0) is 37.3. The van der Waals surface area contributed by atoms with Crippen LogP contribution in [0.25, 0.3) is 45.3 Å². The standard InChI is InChI=1S/C52H44N2S/c1-4-14-43-34-50-51(55-43)35-49(53(50)3)41-28-23-38(24-29-41)33-47-45-20-11-12-22-48(45)54(52-36(2)15-13-21-46(47)52)42-30-25-37(26-31-42)27-32-44(39-16-7-5-8-17-39)40-18-9-6-10-19-40/h4-14,16-36,44H,15H2,1-3H3/b14-4-,32-27?,47-33+. The van der Waals surface area contributed by atoms with Crippen molar-refractivity contribution < 1.29 is 0 Å². The van der Waals surface area contributed by atoms with Gasteiger partial charge in [0, 0.05) is 52.0 Å². The van der Waals surface area contributed by atoms with Gasteiger partial charge in [-0.15, -0.1) is 11.3 Å². The van der Waals surface area contributed by atoms with Gasteiger partial charge in [0.05, 0.1) is 15.9 Å². The van der Waals surface area contributed by atoms with E-state index in [-0.39, 0.29) is 5.92 Å². The predicted molar refractivity (Wildman–Crippen MR) is 238 cm³/mol. The molecule has 1 aliphatic heterocycles. The summed E-state index contributed by atoms with van der Waals surface area (Å²) in [4.78, 5) is 3.80. The molecule has 3 heterocycles. The lowest BCUT2D eigenvalue weighted by Gasteiger charge is -2.40. The molecule has 1 aliphatic carbocycles. The number of aromatic nitrogens is 1. The molecule has 0 fully saturated rings. The van der Waals surface area contributed by atoms with E-state index in [0.717, 1.165) is 6.42 Å². The lowest BCUT2D eigenvalue weighted by molar-refractivity contribution is 0.663. The lowest BCUT2D eigenvalue weighted by Crippen LogP contribution is -2.28. The van der Waals surface area contributed by atoms with Crippen LogP contribution < -0.4 is 4.90 Å². The maximum atomic E-state index is 2.51. The topological polar surface area (TPSA) is 8.17 Å². The van der Waals surface area contributed by atoms with E-state index in [1.807, 2.05) is 11.3 Å². The fourth-order valence-electron chi connectivity index (χ4n) is 8.27. The van der Waals surface area contributed by atoms with Crippen molar-refractivity contribution in [2.24, 2.45) is 13.0 Å². The Morgan fingerprint density at radius 1 is 0.727 bits per heavy atom. The molecule has 7 aromatic rings. The van der Waals surface area contributed by atoms with Crippen molar-refractivity contribution in [3.8, 4) is 11.3 Å². The molecular formula is C52H44N2S. The fraction of sp³-hybridized carbons (Fsp3) is 0.115. The summed E-state index contributed by atoms with van der Waals surface area (Å²) in [6.45, 7) is 4.44. The number of nitrogens with zero attached hydrogens (tertiary/aromatic N) is 2. The summed E-state index contributed by atoms with van der Waals surface area (Å²) in [6, 6.07) is 53.2. The Balaban J connectivity index is 1.04. The summed E-state index contributed by atoms with van der Waals surface area (Å²) in [5.41, 5.74) is 16.3. The molecule has 0 N–H and O–H groups in total. The van der Waals surface area contributed by atoms with Crippen molar-refractivity contribution in [3.05, 3.63) is 214 Å². The van der Waals surface area contributed by atoms with Gasteiger partial charge in [-0.3, -0.25) is 0 Å². The SMILES string of the molecule is C/C=C\c1cc2c(cc(-c3ccc(/C=C4/C5=C(C(C)CC=C5)N(c5ccc(C=CC(c6ccccc6)c6ccccc6)cc5)c5ccccc54)cc3)n2C)s1. The second kappa shape index (κ2) is 14.9. The highest BCUT2D eigenvalue weighted by molar-refractivity contribution is 7.19. The molecule has 0 saturated carbocycles. The van der Waals surface area contributed by atoms with Crippen molar-refractivity contribution in [3.63, 3.8) is 0 Å². The van der Waals surface area contributed by atoms with Crippen LogP contribution in [0.1, 0.15) is 58.9 Å². The summed E-state index contributed by atoms with van der Waals surface area (Å²) >= 11 is 1.85. The van der Waals surface area contributed by atoms with Crippen molar-refractivity contribution >= 4 is 56.7 Å². The minimum Gasteiger partial charge on any atom is -0.343 e. The van der Waals surface area contributed by atoms with Gasteiger partial charge in [0.2, 0.25) is 0 Å². The quantitative estimate of drug-likeness (QED) is 0.151. The molecule has 9 rings (SSSR count). The first-order chi connectivity index (χ1) is 27.1. The maximum Gasteiger partial charge on any atom is 0.0598 e. The average molecular weight is 729 g/mol. The Morgan fingerprint density at radius 3 is 2.09 bits per heavy atom. The third kappa shape index (κ3) is 6.66. The molecule has 0 saturated heterocycles. The number of para-hydroxylation sites is 1. The normalized spacial score (nSPS) is 16.3. The van der Waals surface area contributed by atoms with Crippen LogP contribution in [0.4, 0.5) is 11.4 Å². The van der Waals surface area contributed by atoms with Crippen LogP contribution in [0.2, 0.25) is 0 Å². The highest BCUT2D eigenvalue weighted by atomic mass is 32.1. The molecule has 0 bridgehead atoms. The zero-order valence-corrected chi connectivity index (χ0v) is 32.4. The van der Waals surface area contributed by atoms with Crippen LogP contribution in [0.5, 0.6) is 0 Å². The van der Waals surface area contributed by atoms with Gasteiger partial charge in [-0.1, -0.05) is 153 Å². The Bertz CT molecular complexity index is 2590. The van der Waals surface area contributed by atoms with Crippen LogP contribution in [-0.2, 0) is 7.05 Å². The minimum absolute atomic E-state index is 0.187. The highest BCUT2D eigenvalue weighted by Gasteiger charge is 2.32. The van der Waals surface area contributed by atoms with E-state index >= 15 is 0 Å². The van der Waals surface area contributed by atoms with E-state index in [1.165, 1.54) is 82.4 Å². The molecular weight excluding hydrogens is 685 g/mol. The van der Waals surface area contributed by atoms with Gasteiger partial charge in [0.1, 0.15) is 0 Å². The van der Waals surface area contributed by atoms with Crippen LogP contribution in [-0.4, -0.2) is 4.57 Å². The van der Waals surface area contributed by atoms with Gasteiger partial charge in [-0.25, -0.2) is 0 Å². The summed E-state index contributed by atoms with van der Waals surface area (Å²) in [5.74, 6) is 0.558. The highest BCUT2D eigenvalue weighted by Crippen LogP contribution is 2.49. The molecule has 2 nitrogen and oxygen atoms in total. The van der Waals surface area contributed by atoms with E-state index in [0.29, 0.717) is 5.92 Å². The predicted octanol–water partition coefficient (Wildman–Crippen LogP) is 14.3. The second-order valence-corrected chi connectivity index (χ2v) is 15.7. The first kappa shape index (κ1) is 34.6. The number of aryl methyl sites for hydroxylation is 1. The number of benzene rings is 5. The zero-order valence-electron chi connectivity index (χ0n) is 31.6. The minimum atomic E-state index is 0.187. The molecule has 5 aromatic carbocycles. The van der Waals surface area contributed by atoms with Gasteiger partial charge in [-0.2, -0.15) is 0 Å². The molecule has 0 radical (unpaired) electrons. The van der Waals surface area contributed by atoms with Crippen molar-refractivity contribution in [1.82, 2.24) is 4.57 Å². The molecule has 2 aliphatic rings. The summed E-state index contributed by atoms with van der Waals surface area (Å²) in [5, 5.41) is 0. The first-order valence-electron chi connectivity index (χ1n) is 19.3. The Kier molecular flexibility index (Phi) is 9.39. The first-order valence-corrected chi connectivity index (χ1v) is 20.1. The molecule has 1 unspecified atom stereocenters. The number of hydrogen-bond acceptors (Lipinski definition) is 2. The number of hydrogen-bond donors (Lipinski definition) is 0. The van der Waals surface area contributed by atoms with E-state index in [1.54, 1.807) is 0 Å².